The molecular formula is C98H126O12. The van der Waals surface area contributed by atoms with Crippen molar-refractivity contribution in [2.45, 2.75) is 242 Å². The van der Waals surface area contributed by atoms with Gasteiger partial charge in [-0.3, -0.25) is 0 Å². The molecule has 0 bridgehead atoms. The highest BCUT2D eigenvalue weighted by atomic mass is 16.7. The zero-order valence-electron chi connectivity index (χ0n) is 70.7. The Hall–Kier alpha value is -9.42. The maximum atomic E-state index is 5.66. The molecule has 0 amide bonds. The number of benzene rings is 8. The van der Waals surface area contributed by atoms with Crippen LogP contribution in [0.1, 0.15) is 240 Å². The molecular weight excluding hydrogens is 1370 g/mol. The molecule has 0 spiro atoms. The van der Waals surface area contributed by atoms with Crippen molar-refractivity contribution in [1.82, 2.24) is 0 Å². The molecule has 8 heterocycles. The first-order valence-electron chi connectivity index (χ1n) is 39.4. The van der Waals surface area contributed by atoms with Crippen LogP contribution < -0.4 is 52.1 Å². The van der Waals surface area contributed by atoms with Gasteiger partial charge in [0.15, 0.2) is 46.0 Å². The number of ether oxygens (including phenoxy) is 11. The van der Waals surface area contributed by atoms with E-state index in [9.17, 15) is 0 Å². The van der Waals surface area contributed by atoms with E-state index >= 15 is 0 Å². The second kappa shape index (κ2) is 35.7. The summed E-state index contributed by atoms with van der Waals surface area (Å²) in [5, 5.41) is 1.17. The van der Waals surface area contributed by atoms with Crippen molar-refractivity contribution in [2.75, 3.05) is 46.4 Å². The normalized spacial score (nSPS) is 14.8. The molecule has 0 saturated carbocycles. The van der Waals surface area contributed by atoms with Gasteiger partial charge in [0.1, 0.15) is 48.6 Å². The number of allylic oxidation sites excluding steroid dienone is 1. The molecule has 12 nitrogen and oxygen atoms in total. The first-order chi connectivity index (χ1) is 51.6. The second-order valence-corrected chi connectivity index (χ2v) is 37.2. The minimum atomic E-state index is 0.138. The van der Waals surface area contributed by atoms with Gasteiger partial charge in [-0.15, -0.1) is 0 Å². The molecule has 590 valence electrons. The van der Waals surface area contributed by atoms with Crippen LogP contribution in [0.3, 0.4) is 0 Å². The quantitative estimate of drug-likeness (QED) is 0.144. The van der Waals surface area contributed by atoms with Gasteiger partial charge >= 0.3 is 0 Å². The molecule has 110 heavy (non-hydrogen) atoms. The Bertz CT molecular complexity index is 4350. The zero-order valence-corrected chi connectivity index (χ0v) is 70.7. The lowest BCUT2D eigenvalue weighted by atomic mass is 9.86. The van der Waals surface area contributed by atoms with Crippen LogP contribution in [0.5, 0.6) is 63.2 Å². The van der Waals surface area contributed by atoms with E-state index in [1.807, 2.05) is 42.5 Å². The molecule has 9 aromatic rings. The summed E-state index contributed by atoms with van der Waals surface area (Å²) in [4.78, 5) is 0. The van der Waals surface area contributed by atoms with E-state index in [1.54, 1.807) is 25.0 Å². The maximum Gasteiger partial charge on any atom is 0.231 e. The summed E-state index contributed by atoms with van der Waals surface area (Å²) in [5.74, 6) is 10.0. The van der Waals surface area contributed by atoms with Gasteiger partial charge in [0.25, 0.3) is 0 Å². The topological polar surface area (TPSA) is 115 Å². The fourth-order valence-corrected chi connectivity index (χ4v) is 12.3. The predicted octanol–water partition coefficient (Wildman–Crippen LogP) is 25.2. The van der Waals surface area contributed by atoms with Gasteiger partial charge in [0.05, 0.1) is 39.0 Å². The predicted molar refractivity (Wildman–Crippen MR) is 451 cm³/mol. The average Bonchev–Trinajstić information content (AvgIpc) is 1.43. The lowest BCUT2D eigenvalue weighted by Gasteiger charge is -2.23. The Balaban J connectivity index is 0.000000145. The van der Waals surface area contributed by atoms with Crippen molar-refractivity contribution in [3.63, 3.8) is 0 Å². The van der Waals surface area contributed by atoms with Crippen LogP contribution in [0.4, 0.5) is 0 Å². The number of rotatable bonds is 0. The minimum Gasteiger partial charge on any atom is -0.493 e. The Kier molecular flexibility index (Phi) is 27.5. The Morgan fingerprint density at radius 2 is 0.564 bits per heavy atom. The summed E-state index contributed by atoms with van der Waals surface area (Å²) < 4.78 is 65.5. The third kappa shape index (κ3) is 24.3. The van der Waals surface area contributed by atoms with Crippen LogP contribution in [0.15, 0.2) is 187 Å². The first kappa shape index (κ1) is 84.6. The van der Waals surface area contributed by atoms with E-state index in [1.165, 1.54) is 73.0 Å². The van der Waals surface area contributed by atoms with Crippen LogP contribution in [0, 0.1) is 0 Å². The zero-order chi connectivity index (χ0) is 80.0. The van der Waals surface area contributed by atoms with Crippen LogP contribution in [-0.2, 0) is 62.6 Å². The maximum absolute atomic E-state index is 5.66. The van der Waals surface area contributed by atoms with E-state index < -0.39 is 0 Å². The molecule has 0 fully saturated rings. The summed E-state index contributed by atoms with van der Waals surface area (Å²) in [6.07, 6.45) is 14.0. The number of aryl methyl sites for hydroxylation is 1. The average molecular weight is 1500 g/mol. The van der Waals surface area contributed by atoms with Gasteiger partial charge in [0.2, 0.25) is 6.79 Å². The fourth-order valence-electron chi connectivity index (χ4n) is 12.3. The van der Waals surface area contributed by atoms with E-state index in [2.05, 4.69) is 281 Å². The lowest BCUT2D eigenvalue weighted by molar-refractivity contribution is 0.171. The summed E-state index contributed by atoms with van der Waals surface area (Å²) in [6, 6.07) is 52.7. The number of furan rings is 1. The van der Waals surface area contributed by atoms with Crippen LogP contribution in [0.25, 0.3) is 11.0 Å². The van der Waals surface area contributed by atoms with E-state index in [-0.39, 0.29) is 43.3 Å². The Labute approximate surface area is 659 Å². The molecule has 0 N–H and O–H groups in total. The lowest BCUT2D eigenvalue weighted by Crippen LogP contribution is -2.17. The van der Waals surface area contributed by atoms with Gasteiger partial charge in [-0.2, -0.15) is 0 Å². The first-order valence-corrected chi connectivity index (χ1v) is 39.4. The van der Waals surface area contributed by atoms with Gasteiger partial charge in [-0.1, -0.05) is 239 Å². The molecule has 0 radical (unpaired) electrons. The highest BCUT2D eigenvalue weighted by molar-refractivity contribution is 5.78. The molecule has 0 saturated heterocycles. The molecule has 7 aliphatic heterocycles. The van der Waals surface area contributed by atoms with E-state index in [4.69, 9.17) is 56.5 Å². The van der Waals surface area contributed by atoms with Gasteiger partial charge in [0, 0.05) is 18.2 Å². The third-order valence-electron chi connectivity index (χ3n) is 19.7. The van der Waals surface area contributed by atoms with Crippen molar-refractivity contribution in [2.24, 2.45) is 0 Å². The summed E-state index contributed by atoms with van der Waals surface area (Å²) >= 11 is 0. The smallest absolute Gasteiger partial charge is 0.231 e. The second-order valence-electron chi connectivity index (χ2n) is 37.2. The molecule has 0 unspecified atom stereocenters. The summed E-state index contributed by atoms with van der Waals surface area (Å²) in [5.41, 5.74) is 16.9. The molecule has 16 rings (SSSR count). The van der Waals surface area contributed by atoms with Gasteiger partial charge < -0.3 is 56.5 Å². The van der Waals surface area contributed by atoms with Crippen molar-refractivity contribution in [1.29, 1.82) is 0 Å². The number of hydrogen-bond donors (Lipinski definition) is 0. The van der Waals surface area contributed by atoms with E-state index in [0.717, 1.165) is 121 Å². The minimum absolute atomic E-state index is 0.138. The molecule has 0 aliphatic carbocycles. The van der Waals surface area contributed by atoms with Crippen molar-refractivity contribution in [3.05, 3.63) is 244 Å². The Morgan fingerprint density at radius 3 is 1.06 bits per heavy atom. The van der Waals surface area contributed by atoms with Gasteiger partial charge in [-0.05, 0) is 209 Å². The molecule has 8 aromatic carbocycles. The number of hydrogen-bond acceptors (Lipinski definition) is 12. The van der Waals surface area contributed by atoms with Crippen LogP contribution >= 0.6 is 0 Å². The Morgan fingerprint density at radius 1 is 0.236 bits per heavy atom. The standard InChI is InChI=1S/C13H18O2.C13H18O.C13H16O.C12H16O2.C12H14O2.C12H16O.C12H14O.C11H14O2/c1-13(2,3)10-5-6-11-12(9-10)15-8-4-7-14-11;2*1-13(2,3)11-7-6-10-5-4-8-14-12(10)9-11;2*1-12(2,3)9-4-5-10-11(8-9)14-7-6-13-10;2*1-12(2,3)10-5-4-9-6-7-13-11(9)8-10;1-11(2,3)8-4-5-9-10(6-8)13-7-12-9/h5-6,9H,4,7-8H2,1-3H3;6-7,9H,4-5,8H2,1-3H3;4,6-9H,5H2,1-3H3;4-5,8H,6-7H2,1-3H3;4-8H,1-3H3;4-5,8H,6-7H2,1-3H3;4-8H,1-3H3;4-6H,7H2,1-3H3. The van der Waals surface area contributed by atoms with Crippen LogP contribution in [-0.4, -0.2) is 46.4 Å². The molecule has 0 atom stereocenters. The molecule has 1 aromatic heterocycles. The fraction of sp³-hybridized carbons (Fsp3) is 0.449. The SMILES string of the molecule is CC(C)(C)c1ccc2c(c1)OC=CC2.CC(C)(C)c1ccc2c(c1)OC=CO2.CC(C)(C)c1ccc2c(c1)OCC2.CC(C)(C)c1ccc2c(c1)OCCC2.CC(C)(C)c1ccc2c(c1)OCCCO2.CC(C)(C)c1ccc2c(c1)OCCO2.CC(C)(C)c1ccc2c(c1)OCO2.CC(C)(C)c1ccc2ccoc2c1. The van der Waals surface area contributed by atoms with Gasteiger partial charge in [-0.25, -0.2) is 0 Å². The largest absolute Gasteiger partial charge is 0.493 e. The highest BCUT2D eigenvalue weighted by Crippen LogP contribution is 2.41. The highest BCUT2D eigenvalue weighted by Gasteiger charge is 2.26. The van der Waals surface area contributed by atoms with Crippen molar-refractivity contribution >= 4 is 11.0 Å². The number of fused-ring (bicyclic) bond motifs is 8. The van der Waals surface area contributed by atoms with E-state index in [0.29, 0.717) is 20.0 Å². The monoisotopic (exact) mass is 1490 g/mol. The van der Waals surface area contributed by atoms with Crippen molar-refractivity contribution in [3.8, 4) is 63.2 Å². The molecule has 12 heteroatoms. The summed E-state index contributed by atoms with van der Waals surface area (Å²) in [6.45, 7) is 57.8. The van der Waals surface area contributed by atoms with Crippen molar-refractivity contribution < 1.29 is 56.5 Å². The third-order valence-corrected chi connectivity index (χ3v) is 19.7. The molecule has 7 aliphatic rings. The summed E-state index contributed by atoms with van der Waals surface area (Å²) in [7, 11) is 0. The van der Waals surface area contributed by atoms with Crippen LogP contribution in [0.2, 0.25) is 0 Å².